The summed E-state index contributed by atoms with van der Waals surface area (Å²) in [5, 5.41) is 22.1. The number of hydrogen-bond acceptors (Lipinski definition) is 5. The number of aliphatic hydroxyl groups is 1. The van der Waals surface area contributed by atoms with E-state index in [4.69, 9.17) is 0 Å². The van der Waals surface area contributed by atoms with Gasteiger partial charge in [0, 0.05) is 24.2 Å². The standard InChI is InChI=1S/C16H20FN5O2/c1-22-11(9-23)6-10(7-18-16(24)14-8-19-21-20-14)15(22)12-4-2-3-5-13(12)17/h2-5,8,10-11,15,23H,6-7,9H2,1H3,(H,18,24)(H,19,20,21)/t10-,11+,15-/m0/s1. The van der Waals surface area contributed by atoms with Crippen molar-refractivity contribution >= 4 is 5.91 Å². The number of nitrogens with one attached hydrogen (secondary N) is 2. The van der Waals surface area contributed by atoms with Gasteiger partial charge in [-0.15, -0.1) is 0 Å². The Kier molecular flexibility index (Phi) is 4.86. The van der Waals surface area contributed by atoms with E-state index < -0.39 is 0 Å². The van der Waals surface area contributed by atoms with E-state index in [0.717, 1.165) is 0 Å². The van der Waals surface area contributed by atoms with Crippen LogP contribution in [0.1, 0.15) is 28.5 Å². The van der Waals surface area contributed by atoms with Gasteiger partial charge in [0.15, 0.2) is 5.69 Å². The molecule has 1 saturated heterocycles. The molecular formula is C16H20FN5O2. The molecule has 1 aliphatic heterocycles. The predicted molar refractivity (Wildman–Crippen MR) is 84.6 cm³/mol. The maximum atomic E-state index is 14.2. The second-order valence-corrected chi connectivity index (χ2v) is 6.03. The average molecular weight is 333 g/mol. The Morgan fingerprint density at radius 1 is 1.50 bits per heavy atom. The molecule has 0 saturated carbocycles. The van der Waals surface area contributed by atoms with Gasteiger partial charge < -0.3 is 10.4 Å². The van der Waals surface area contributed by atoms with Crippen LogP contribution in [0.25, 0.3) is 0 Å². The highest BCUT2D eigenvalue weighted by Crippen LogP contribution is 2.40. The summed E-state index contributed by atoms with van der Waals surface area (Å²) in [7, 11) is 1.87. The van der Waals surface area contributed by atoms with Crippen molar-refractivity contribution in [2.24, 2.45) is 5.92 Å². The number of hydrogen-bond donors (Lipinski definition) is 3. The van der Waals surface area contributed by atoms with Crippen molar-refractivity contribution in [2.75, 3.05) is 20.2 Å². The molecule has 2 aromatic rings. The first-order valence-electron chi connectivity index (χ1n) is 7.83. The normalized spacial score (nSPS) is 24.2. The van der Waals surface area contributed by atoms with Crippen LogP contribution in [-0.2, 0) is 0 Å². The third-order valence-electron chi connectivity index (χ3n) is 4.64. The number of benzene rings is 1. The number of halogens is 1. The van der Waals surface area contributed by atoms with E-state index in [9.17, 15) is 14.3 Å². The molecule has 128 valence electrons. The van der Waals surface area contributed by atoms with Crippen molar-refractivity contribution in [3.63, 3.8) is 0 Å². The largest absolute Gasteiger partial charge is 0.395 e. The number of carbonyl (C=O) groups is 1. The molecular weight excluding hydrogens is 313 g/mol. The molecule has 0 aliphatic carbocycles. The second kappa shape index (κ2) is 7.06. The van der Waals surface area contributed by atoms with Gasteiger partial charge in [0.1, 0.15) is 5.82 Å². The van der Waals surface area contributed by atoms with E-state index in [0.29, 0.717) is 18.5 Å². The first-order chi connectivity index (χ1) is 11.6. The van der Waals surface area contributed by atoms with Crippen molar-refractivity contribution in [3.8, 4) is 0 Å². The van der Waals surface area contributed by atoms with Crippen LogP contribution in [-0.4, -0.2) is 57.6 Å². The summed E-state index contributed by atoms with van der Waals surface area (Å²) >= 11 is 0. The first-order valence-corrected chi connectivity index (χ1v) is 7.83. The number of aromatic nitrogens is 3. The number of aromatic amines is 1. The second-order valence-electron chi connectivity index (χ2n) is 6.03. The zero-order chi connectivity index (χ0) is 17.1. The highest BCUT2D eigenvalue weighted by Gasteiger charge is 2.40. The molecule has 3 rings (SSSR count). The molecule has 0 unspecified atom stereocenters. The third-order valence-corrected chi connectivity index (χ3v) is 4.64. The van der Waals surface area contributed by atoms with Gasteiger partial charge in [-0.05, 0) is 25.5 Å². The maximum absolute atomic E-state index is 14.2. The number of nitrogens with zero attached hydrogens (tertiary/aromatic N) is 3. The number of rotatable bonds is 5. The predicted octanol–water partition coefficient (Wildman–Crippen LogP) is 0.727. The van der Waals surface area contributed by atoms with Gasteiger partial charge in [0.25, 0.3) is 5.91 Å². The molecule has 1 fully saturated rings. The highest BCUT2D eigenvalue weighted by molar-refractivity contribution is 5.91. The van der Waals surface area contributed by atoms with Gasteiger partial charge >= 0.3 is 0 Å². The summed E-state index contributed by atoms with van der Waals surface area (Å²) in [6.45, 7) is 0.362. The Labute approximate surface area is 138 Å². The number of amides is 1. The Bertz CT molecular complexity index is 694. The molecule has 7 nitrogen and oxygen atoms in total. The minimum absolute atomic E-state index is 0.00478. The van der Waals surface area contributed by atoms with Crippen LogP contribution in [0.5, 0.6) is 0 Å². The number of likely N-dealkylation sites (N-methyl/N-ethyl adjacent to an activating group) is 1. The summed E-state index contributed by atoms with van der Waals surface area (Å²) in [5.74, 6) is -0.619. The fraction of sp³-hybridized carbons (Fsp3) is 0.438. The Hall–Kier alpha value is -2.32. The molecule has 0 spiro atoms. The van der Waals surface area contributed by atoms with Gasteiger partial charge in [-0.2, -0.15) is 15.4 Å². The zero-order valence-corrected chi connectivity index (χ0v) is 13.3. The minimum atomic E-state index is -0.328. The fourth-order valence-corrected chi connectivity index (χ4v) is 3.42. The van der Waals surface area contributed by atoms with Crippen LogP contribution in [0.2, 0.25) is 0 Å². The minimum Gasteiger partial charge on any atom is -0.395 e. The van der Waals surface area contributed by atoms with Crippen molar-refractivity contribution < 1.29 is 14.3 Å². The maximum Gasteiger partial charge on any atom is 0.273 e. The molecule has 3 atom stereocenters. The number of carbonyl (C=O) groups excluding carboxylic acids is 1. The molecule has 24 heavy (non-hydrogen) atoms. The number of aliphatic hydroxyl groups excluding tert-OH is 1. The van der Waals surface area contributed by atoms with E-state index in [2.05, 4.69) is 20.7 Å². The highest BCUT2D eigenvalue weighted by atomic mass is 19.1. The molecule has 2 heterocycles. The van der Waals surface area contributed by atoms with Gasteiger partial charge in [0.2, 0.25) is 0 Å². The topological polar surface area (TPSA) is 94.1 Å². The smallest absolute Gasteiger partial charge is 0.273 e. The lowest BCUT2D eigenvalue weighted by Gasteiger charge is -2.28. The van der Waals surface area contributed by atoms with Crippen molar-refractivity contribution in [1.82, 2.24) is 25.6 Å². The molecule has 8 heteroatoms. The lowest BCUT2D eigenvalue weighted by molar-refractivity contribution is 0.0937. The van der Waals surface area contributed by atoms with Gasteiger partial charge in [0.05, 0.1) is 12.8 Å². The van der Waals surface area contributed by atoms with E-state index in [-0.39, 0.29) is 42.0 Å². The first kappa shape index (κ1) is 16.5. The van der Waals surface area contributed by atoms with E-state index >= 15 is 0 Å². The van der Waals surface area contributed by atoms with Gasteiger partial charge in [-0.25, -0.2) is 4.39 Å². The summed E-state index contributed by atoms with van der Waals surface area (Å²) in [4.78, 5) is 14.0. The van der Waals surface area contributed by atoms with Crippen LogP contribution < -0.4 is 5.32 Å². The molecule has 3 N–H and O–H groups in total. The monoisotopic (exact) mass is 333 g/mol. The molecule has 0 bridgehead atoms. The lowest BCUT2D eigenvalue weighted by atomic mass is 9.92. The molecule has 1 aromatic heterocycles. The summed E-state index contributed by atoms with van der Waals surface area (Å²) in [6, 6.07) is 6.36. The Balaban J connectivity index is 1.77. The van der Waals surface area contributed by atoms with E-state index in [1.165, 1.54) is 12.3 Å². The van der Waals surface area contributed by atoms with Crippen LogP contribution in [0.3, 0.4) is 0 Å². The van der Waals surface area contributed by atoms with E-state index in [1.54, 1.807) is 18.2 Å². The molecule has 1 aromatic carbocycles. The van der Waals surface area contributed by atoms with Crippen LogP contribution in [0, 0.1) is 11.7 Å². The third kappa shape index (κ3) is 3.15. The van der Waals surface area contributed by atoms with Crippen molar-refractivity contribution in [1.29, 1.82) is 0 Å². The quantitative estimate of drug-likeness (QED) is 0.750. The van der Waals surface area contributed by atoms with Gasteiger partial charge in [-0.1, -0.05) is 18.2 Å². The van der Waals surface area contributed by atoms with Crippen LogP contribution in [0.4, 0.5) is 4.39 Å². The van der Waals surface area contributed by atoms with Crippen LogP contribution in [0.15, 0.2) is 30.5 Å². The molecule has 0 radical (unpaired) electrons. The average Bonchev–Trinajstić information content (AvgIpc) is 3.22. The number of likely N-dealkylation sites (tertiary alicyclic amines) is 1. The summed E-state index contributed by atoms with van der Waals surface area (Å²) in [6.07, 6.45) is 2.02. The lowest BCUT2D eigenvalue weighted by Crippen LogP contribution is -2.34. The van der Waals surface area contributed by atoms with Crippen molar-refractivity contribution in [2.45, 2.75) is 18.5 Å². The SMILES string of the molecule is CN1[C@@H](CO)C[C@@H](CNC(=O)c2cn[nH]n2)[C@H]1c1ccccc1F. The van der Waals surface area contributed by atoms with E-state index in [1.807, 2.05) is 11.9 Å². The molecule has 1 amide bonds. The van der Waals surface area contributed by atoms with Crippen molar-refractivity contribution in [3.05, 3.63) is 47.5 Å². The Morgan fingerprint density at radius 3 is 2.96 bits per heavy atom. The zero-order valence-electron chi connectivity index (χ0n) is 13.3. The number of H-pyrrole nitrogens is 1. The summed E-state index contributed by atoms with van der Waals surface area (Å²) in [5.41, 5.74) is 0.791. The Morgan fingerprint density at radius 2 is 2.29 bits per heavy atom. The molecule has 1 aliphatic rings. The summed E-state index contributed by atoms with van der Waals surface area (Å²) < 4.78 is 14.2. The van der Waals surface area contributed by atoms with Crippen LogP contribution >= 0.6 is 0 Å². The fourth-order valence-electron chi connectivity index (χ4n) is 3.42. The van der Waals surface area contributed by atoms with Gasteiger partial charge in [-0.3, -0.25) is 9.69 Å².